The van der Waals surface area contributed by atoms with Crippen LogP contribution < -0.4 is 0 Å². The molecular formula is C15H12O3S. The third-order valence-electron chi connectivity index (χ3n) is 3.27. The second-order valence-electron chi connectivity index (χ2n) is 4.48. The highest BCUT2D eigenvalue weighted by atomic mass is 32.2. The molecule has 0 unspecified atom stereocenters. The van der Waals surface area contributed by atoms with Gasteiger partial charge in [0.1, 0.15) is 5.75 Å². The molecule has 0 fully saturated rings. The van der Waals surface area contributed by atoms with Crippen LogP contribution >= 0.6 is 11.8 Å². The molecule has 0 saturated heterocycles. The Morgan fingerprint density at radius 2 is 1.95 bits per heavy atom. The van der Waals surface area contributed by atoms with Crippen molar-refractivity contribution in [2.75, 3.05) is 0 Å². The van der Waals surface area contributed by atoms with Crippen molar-refractivity contribution in [3.05, 3.63) is 53.1 Å². The van der Waals surface area contributed by atoms with Crippen LogP contribution in [0.15, 0.2) is 46.2 Å². The highest BCUT2D eigenvalue weighted by Gasteiger charge is 2.19. The predicted molar refractivity (Wildman–Crippen MR) is 73.0 cm³/mol. The maximum Gasteiger partial charge on any atom is 0.336 e. The average molecular weight is 272 g/mol. The van der Waals surface area contributed by atoms with Crippen molar-refractivity contribution in [1.82, 2.24) is 0 Å². The van der Waals surface area contributed by atoms with E-state index in [0.717, 1.165) is 27.3 Å². The largest absolute Gasteiger partial charge is 0.508 e. The van der Waals surface area contributed by atoms with Crippen molar-refractivity contribution >= 4 is 17.7 Å². The minimum atomic E-state index is -0.883. The molecule has 0 bridgehead atoms. The Morgan fingerprint density at radius 3 is 2.74 bits per heavy atom. The van der Waals surface area contributed by atoms with Crippen LogP contribution in [0.3, 0.4) is 0 Å². The Morgan fingerprint density at radius 1 is 1.11 bits per heavy atom. The summed E-state index contributed by atoms with van der Waals surface area (Å²) >= 11 is 1.57. The highest BCUT2D eigenvalue weighted by Crippen LogP contribution is 2.39. The van der Waals surface area contributed by atoms with Gasteiger partial charge >= 0.3 is 5.97 Å². The number of benzene rings is 2. The summed E-state index contributed by atoms with van der Waals surface area (Å²) in [5.74, 6) is -0.630. The molecule has 2 N–H and O–H groups in total. The number of rotatable bonds is 1. The number of hydrogen-bond donors (Lipinski definition) is 2. The zero-order valence-corrected chi connectivity index (χ0v) is 10.9. The molecule has 0 radical (unpaired) electrons. The lowest BCUT2D eigenvalue weighted by Crippen LogP contribution is -2.04. The molecular weight excluding hydrogens is 260 g/mol. The normalized spacial score (nSPS) is 13.3. The molecule has 0 saturated carbocycles. The van der Waals surface area contributed by atoms with Gasteiger partial charge in [0, 0.05) is 9.79 Å². The van der Waals surface area contributed by atoms with Crippen LogP contribution in [0.4, 0.5) is 0 Å². The number of aryl methyl sites for hydroxylation is 1. The van der Waals surface area contributed by atoms with Crippen molar-refractivity contribution in [2.45, 2.75) is 22.6 Å². The quantitative estimate of drug-likeness (QED) is 0.836. The molecule has 1 heterocycles. The lowest BCUT2D eigenvalue weighted by atomic mass is 10.00. The molecule has 0 aromatic heterocycles. The zero-order valence-electron chi connectivity index (χ0n) is 10.1. The Balaban J connectivity index is 2.10. The van der Waals surface area contributed by atoms with Gasteiger partial charge in [0.15, 0.2) is 0 Å². The van der Waals surface area contributed by atoms with Gasteiger partial charge in [-0.3, -0.25) is 0 Å². The molecule has 3 rings (SSSR count). The van der Waals surface area contributed by atoms with Crippen molar-refractivity contribution < 1.29 is 15.0 Å². The summed E-state index contributed by atoms with van der Waals surface area (Å²) in [5.41, 5.74) is 2.33. The van der Waals surface area contributed by atoms with Crippen molar-refractivity contribution in [3.63, 3.8) is 0 Å². The number of carbonyl (C=O) groups is 1. The second kappa shape index (κ2) is 4.63. The SMILES string of the molecule is O=C(O)c1cccc2c1CCc1cc(O)ccc1S2. The summed E-state index contributed by atoms with van der Waals surface area (Å²) in [5, 5.41) is 18.8. The first-order valence-electron chi connectivity index (χ1n) is 6.00. The first-order chi connectivity index (χ1) is 9.15. The van der Waals surface area contributed by atoms with E-state index in [2.05, 4.69) is 0 Å². The molecule has 0 spiro atoms. The number of aromatic carboxylic acids is 1. The molecule has 19 heavy (non-hydrogen) atoms. The minimum absolute atomic E-state index is 0.253. The van der Waals surface area contributed by atoms with Gasteiger partial charge in [0.2, 0.25) is 0 Å². The van der Waals surface area contributed by atoms with Crippen molar-refractivity contribution in [3.8, 4) is 5.75 Å². The van der Waals surface area contributed by atoms with E-state index < -0.39 is 5.97 Å². The van der Waals surface area contributed by atoms with Gasteiger partial charge in [-0.1, -0.05) is 17.8 Å². The van der Waals surface area contributed by atoms with Crippen LogP contribution in [0.25, 0.3) is 0 Å². The van der Waals surface area contributed by atoms with E-state index >= 15 is 0 Å². The van der Waals surface area contributed by atoms with Gasteiger partial charge in [-0.2, -0.15) is 0 Å². The van der Waals surface area contributed by atoms with Gasteiger partial charge < -0.3 is 10.2 Å². The number of phenols is 1. The van der Waals surface area contributed by atoms with Crippen molar-refractivity contribution in [1.29, 1.82) is 0 Å². The summed E-state index contributed by atoms with van der Waals surface area (Å²) in [6.07, 6.45) is 1.43. The van der Waals surface area contributed by atoms with Crippen LogP contribution in [0, 0.1) is 0 Å². The Labute approximate surface area is 114 Å². The number of aromatic hydroxyl groups is 1. The minimum Gasteiger partial charge on any atom is -0.508 e. The van der Waals surface area contributed by atoms with E-state index in [0.29, 0.717) is 12.0 Å². The standard InChI is InChI=1S/C15H12O3S/c16-10-5-7-13-9(8-10)4-6-11-12(15(17)18)2-1-3-14(11)19-13/h1-3,5,7-8,16H,4,6H2,(H,17,18). The van der Waals surface area contributed by atoms with E-state index in [9.17, 15) is 15.0 Å². The maximum absolute atomic E-state index is 11.3. The van der Waals surface area contributed by atoms with Gasteiger partial charge in [-0.25, -0.2) is 4.79 Å². The van der Waals surface area contributed by atoms with Crippen molar-refractivity contribution in [2.24, 2.45) is 0 Å². The molecule has 3 nitrogen and oxygen atoms in total. The van der Waals surface area contributed by atoms with Crippen LogP contribution in [0.2, 0.25) is 0 Å². The summed E-state index contributed by atoms with van der Waals surface area (Å²) in [6.45, 7) is 0. The number of hydrogen-bond acceptors (Lipinski definition) is 3. The lowest BCUT2D eigenvalue weighted by Gasteiger charge is -2.08. The topological polar surface area (TPSA) is 57.5 Å². The lowest BCUT2D eigenvalue weighted by molar-refractivity contribution is 0.0695. The highest BCUT2D eigenvalue weighted by molar-refractivity contribution is 7.99. The fraction of sp³-hybridized carbons (Fsp3) is 0.133. The summed E-state index contributed by atoms with van der Waals surface area (Å²) in [7, 11) is 0. The van der Waals surface area contributed by atoms with E-state index in [1.54, 1.807) is 36.0 Å². The van der Waals surface area contributed by atoms with E-state index in [-0.39, 0.29) is 5.75 Å². The molecule has 4 heteroatoms. The van der Waals surface area contributed by atoms with Crippen LogP contribution in [0.5, 0.6) is 5.75 Å². The molecule has 0 aliphatic carbocycles. The second-order valence-corrected chi connectivity index (χ2v) is 5.57. The first kappa shape index (κ1) is 12.1. The third-order valence-corrected chi connectivity index (χ3v) is 4.49. The first-order valence-corrected chi connectivity index (χ1v) is 6.82. The van der Waals surface area contributed by atoms with E-state index in [1.807, 2.05) is 12.1 Å². The zero-order chi connectivity index (χ0) is 13.4. The van der Waals surface area contributed by atoms with Gasteiger partial charge in [-0.15, -0.1) is 0 Å². The summed E-state index contributed by atoms with van der Waals surface area (Å²) in [4.78, 5) is 13.3. The maximum atomic E-state index is 11.3. The molecule has 0 atom stereocenters. The van der Waals surface area contributed by atoms with Gasteiger partial charge in [-0.05, 0) is 54.3 Å². The number of carboxylic acids is 1. The number of carboxylic acid groups (broad SMARTS) is 1. The van der Waals surface area contributed by atoms with Crippen LogP contribution in [0.1, 0.15) is 21.5 Å². The Hall–Kier alpha value is -1.94. The fourth-order valence-corrected chi connectivity index (χ4v) is 3.51. The third kappa shape index (κ3) is 2.19. The fourth-order valence-electron chi connectivity index (χ4n) is 2.36. The summed E-state index contributed by atoms with van der Waals surface area (Å²) < 4.78 is 0. The van der Waals surface area contributed by atoms with Crippen LogP contribution in [-0.2, 0) is 12.8 Å². The average Bonchev–Trinajstić information content (AvgIpc) is 2.57. The molecule has 2 aromatic carbocycles. The van der Waals surface area contributed by atoms with E-state index in [4.69, 9.17) is 0 Å². The molecule has 2 aromatic rings. The number of phenolic OH excluding ortho intramolecular Hbond substituents is 1. The van der Waals surface area contributed by atoms with Gasteiger partial charge in [0.25, 0.3) is 0 Å². The Bertz CT molecular complexity index is 664. The van der Waals surface area contributed by atoms with Crippen LogP contribution in [-0.4, -0.2) is 16.2 Å². The van der Waals surface area contributed by atoms with E-state index in [1.165, 1.54) is 0 Å². The van der Waals surface area contributed by atoms with Gasteiger partial charge in [0.05, 0.1) is 5.56 Å². The Kier molecular flexibility index (Phi) is 2.95. The monoisotopic (exact) mass is 272 g/mol. The summed E-state index contributed by atoms with van der Waals surface area (Å²) in [6, 6.07) is 10.7. The molecule has 96 valence electrons. The molecule has 0 amide bonds. The molecule has 1 aliphatic rings. The molecule has 1 aliphatic heterocycles. The predicted octanol–water partition coefficient (Wildman–Crippen LogP) is 3.34. The number of fused-ring (bicyclic) bond motifs is 2. The smallest absolute Gasteiger partial charge is 0.336 e.